The maximum atomic E-state index is 5.17. The molecule has 4 heteroatoms. The first-order chi connectivity index (χ1) is 6.74. The molecular formula is C10H17NO2S. The Hall–Kier alpha value is -0.420. The van der Waals surface area contributed by atoms with E-state index in [0.29, 0.717) is 13.2 Å². The van der Waals surface area contributed by atoms with Crippen molar-refractivity contribution in [1.82, 2.24) is 5.48 Å². The Morgan fingerprint density at radius 3 is 2.71 bits per heavy atom. The third kappa shape index (κ3) is 3.75. The first-order valence-electron chi connectivity index (χ1n) is 4.63. The molecule has 3 nitrogen and oxygen atoms in total. The van der Waals surface area contributed by atoms with Crippen LogP contribution in [0.2, 0.25) is 0 Å². The fourth-order valence-corrected chi connectivity index (χ4v) is 2.13. The van der Waals surface area contributed by atoms with Gasteiger partial charge in [0.05, 0.1) is 13.2 Å². The molecule has 0 saturated heterocycles. The maximum Gasteiger partial charge on any atom is 0.0916 e. The van der Waals surface area contributed by atoms with Crippen LogP contribution in [0.15, 0.2) is 6.07 Å². The summed E-state index contributed by atoms with van der Waals surface area (Å²) >= 11 is 1.82. The number of rotatable bonds is 6. The van der Waals surface area contributed by atoms with Crippen LogP contribution in [0, 0.1) is 13.8 Å². The minimum atomic E-state index is 0.582. The lowest BCUT2D eigenvalue weighted by Crippen LogP contribution is -2.17. The number of hydrogen-bond acceptors (Lipinski definition) is 4. The number of thiophene rings is 1. The van der Waals surface area contributed by atoms with Crippen molar-refractivity contribution in [2.45, 2.75) is 20.4 Å². The van der Waals surface area contributed by atoms with Gasteiger partial charge in [-0.1, -0.05) is 0 Å². The van der Waals surface area contributed by atoms with E-state index in [9.17, 15) is 0 Å². The van der Waals surface area contributed by atoms with Gasteiger partial charge in [0.1, 0.15) is 0 Å². The van der Waals surface area contributed by atoms with E-state index in [1.54, 1.807) is 7.11 Å². The summed E-state index contributed by atoms with van der Waals surface area (Å²) in [5, 5.41) is 0. The van der Waals surface area contributed by atoms with E-state index in [1.165, 1.54) is 15.3 Å². The second-order valence-corrected chi connectivity index (χ2v) is 4.56. The van der Waals surface area contributed by atoms with Gasteiger partial charge in [-0.3, -0.25) is 4.84 Å². The number of hydroxylamine groups is 1. The number of nitrogens with one attached hydrogen (secondary N) is 1. The third-order valence-corrected chi connectivity index (χ3v) is 2.91. The van der Waals surface area contributed by atoms with Crippen molar-refractivity contribution < 1.29 is 9.57 Å². The van der Waals surface area contributed by atoms with E-state index in [2.05, 4.69) is 25.4 Å². The van der Waals surface area contributed by atoms with Crippen LogP contribution >= 0.6 is 11.3 Å². The van der Waals surface area contributed by atoms with Gasteiger partial charge in [-0.15, -0.1) is 11.3 Å². The summed E-state index contributed by atoms with van der Waals surface area (Å²) in [6.07, 6.45) is 0. The summed E-state index contributed by atoms with van der Waals surface area (Å²) < 4.78 is 4.86. The highest BCUT2D eigenvalue weighted by Gasteiger charge is 2.01. The third-order valence-electron chi connectivity index (χ3n) is 1.90. The zero-order chi connectivity index (χ0) is 10.4. The van der Waals surface area contributed by atoms with Crippen LogP contribution in [0.5, 0.6) is 0 Å². The molecule has 0 aliphatic carbocycles. The molecule has 0 radical (unpaired) electrons. The molecule has 0 aliphatic rings. The van der Waals surface area contributed by atoms with Crippen LogP contribution in [0.3, 0.4) is 0 Å². The highest BCUT2D eigenvalue weighted by Crippen LogP contribution is 2.19. The van der Waals surface area contributed by atoms with Crippen molar-refractivity contribution in [3.05, 3.63) is 21.4 Å². The Labute approximate surface area is 89.0 Å². The fraction of sp³-hybridized carbons (Fsp3) is 0.600. The number of hydrogen-bond donors (Lipinski definition) is 1. The minimum absolute atomic E-state index is 0.582. The summed E-state index contributed by atoms with van der Waals surface area (Å²) in [5.41, 5.74) is 4.23. The molecule has 0 aromatic carbocycles. The van der Waals surface area contributed by atoms with Crippen molar-refractivity contribution in [3.8, 4) is 0 Å². The van der Waals surface area contributed by atoms with Crippen molar-refractivity contribution in [2.75, 3.05) is 20.3 Å². The van der Waals surface area contributed by atoms with Gasteiger partial charge < -0.3 is 4.74 Å². The van der Waals surface area contributed by atoms with Crippen LogP contribution in [-0.4, -0.2) is 20.3 Å². The molecule has 1 aromatic rings. The van der Waals surface area contributed by atoms with Gasteiger partial charge >= 0.3 is 0 Å². The molecule has 0 bridgehead atoms. The van der Waals surface area contributed by atoms with Gasteiger partial charge in [-0.2, -0.15) is 5.48 Å². The highest BCUT2D eigenvalue weighted by atomic mass is 32.1. The van der Waals surface area contributed by atoms with Gasteiger partial charge in [-0.05, 0) is 25.5 Å². The van der Waals surface area contributed by atoms with Crippen molar-refractivity contribution >= 4 is 11.3 Å². The molecule has 14 heavy (non-hydrogen) atoms. The molecular weight excluding hydrogens is 198 g/mol. The number of aryl methyl sites for hydroxylation is 2. The molecule has 0 unspecified atom stereocenters. The minimum Gasteiger partial charge on any atom is -0.382 e. The monoisotopic (exact) mass is 215 g/mol. The lowest BCUT2D eigenvalue weighted by atomic mass is 10.2. The predicted octanol–water partition coefficient (Wildman–Crippen LogP) is 2.03. The summed E-state index contributed by atoms with van der Waals surface area (Å²) in [7, 11) is 1.66. The molecule has 80 valence electrons. The topological polar surface area (TPSA) is 30.5 Å². The Balaban J connectivity index is 2.21. The number of methoxy groups -OCH3 is 1. The van der Waals surface area contributed by atoms with Crippen molar-refractivity contribution in [2.24, 2.45) is 0 Å². The summed E-state index contributed by atoms with van der Waals surface area (Å²) in [5.74, 6) is 0. The van der Waals surface area contributed by atoms with Gasteiger partial charge in [0.15, 0.2) is 0 Å². The Morgan fingerprint density at radius 2 is 2.14 bits per heavy atom. The summed E-state index contributed by atoms with van der Waals surface area (Å²) in [6.45, 7) is 6.21. The second-order valence-electron chi connectivity index (χ2n) is 3.10. The smallest absolute Gasteiger partial charge is 0.0916 e. The predicted molar refractivity (Wildman–Crippen MR) is 58.5 cm³/mol. The molecule has 1 aromatic heterocycles. The zero-order valence-electron chi connectivity index (χ0n) is 8.92. The van der Waals surface area contributed by atoms with Crippen LogP contribution in [-0.2, 0) is 16.1 Å². The van der Waals surface area contributed by atoms with Gasteiger partial charge in [0, 0.05) is 23.4 Å². The molecule has 1 rings (SSSR count). The standard InChI is InChI=1S/C10H17NO2S/c1-8-6-10(9(2)14-8)7-11-13-5-4-12-3/h6,11H,4-5,7H2,1-3H3. The molecule has 0 fully saturated rings. The molecule has 0 aliphatic heterocycles. The second kappa shape index (κ2) is 6.14. The van der Waals surface area contributed by atoms with Crippen molar-refractivity contribution in [3.63, 3.8) is 0 Å². The molecule has 0 amide bonds. The molecule has 0 saturated carbocycles. The van der Waals surface area contributed by atoms with Crippen LogP contribution in [0.1, 0.15) is 15.3 Å². The quantitative estimate of drug-likeness (QED) is 0.582. The van der Waals surface area contributed by atoms with Crippen LogP contribution in [0.4, 0.5) is 0 Å². The first-order valence-corrected chi connectivity index (χ1v) is 5.45. The van der Waals surface area contributed by atoms with E-state index in [4.69, 9.17) is 9.57 Å². The average molecular weight is 215 g/mol. The van der Waals surface area contributed by atoms with Gasteiger partial charge in [0.2, 0.25) is 0 Å². The summed E-state index contributed by atoms with van der Waals surface area (Å²) in [6, 6.07) is 2.19. The van der Waals surface area contributed by atoms with Crippen LogP contribution < -0.4 is 5.48 Å². The SMILES string of the molecule is COCCONCc1cc(C)sc1C. The normalized spacial score (nSPS) is 10.8. The zero-order valence-corrected chi connectivity index (χ0v) is 9.74. The van der Waals surface area contributed by atoms with E-state index >= 15 is 0 Å². The van der Waals surface area contributed by atoms with Crippen molar-refractivity contribution in [1.29, 1.82) is 0 Å². The average Bonchev–Trinajstić information content (AvgIpc) is 2.45. The van der Waals surface area contributed by atoms with E-state index in [0.717, 1.165) is 6.54 Å². The lowest BCUT2D eigenvalue weighted by Gasteiger charge is -2.04. The fourth-order valence-electron chi connectivity index (χ4n) is 1.18. The molecule has 0 spiro atoms. The first kappa shape index (κ1) is 11.7. The van der Waals surface area contributed by atoms with Gasteiger partial charge in [0.25, 0.3) is 0 Å². The maximum absolute atomic E-state index is 5.17. The van der Waals surface area contributed by atoms with E-state index in [-0.39, 0.29) is 0 Å². The van der Waals surface area contributed by atoms with Gasteiger partial charge in [-0.25, -0.2) is 0 Å². The largest absolute Gasteiger partial charge is 0.382 e. The lowest BCUT2D eigenvalue weighted by molar-refractivity contribution is 0.00345. The Morgan fingerprint density at radius 1 is 1.36 bits per heavy atom. The highest BCUT2D eigenvalue weighted by molar-refractivity contribution is 7.12. The molecule has 1 N–H and O–H groups in total. The molecule has 1 heterocycles. The van der Waals surface area contributed by atoms with Crippen LogP contribution in [0.25, 0.3) is 0 Å². The van der Waals surface area contributed by atoms with E-state index in [1.807, 2.05) is 11.3 Å². The van der Waals surface area contributed by atoms with E-state index < -0.39 is 0 Å². The number of ether oxygens (including phenoxy) is 1. The summed E-state index contributed by atoms with van der Waals surface area (Å²) in [4.78, 5) is 7.87. The molecule has 0 atom stereocenters. The Kier molecular flexibility index (Phi) is 5.11. The Bertz CT molecular complexity index is 273.